The highest BCUT2D eigenvalue weighted by molar-refractivity contribution is 7.10. The molecule has 0 saturated heterocycles. The zero-order valence-electron chi connectivity index (χ0n) is 9.81. The van der Waals surface area contributed by atoms with Gasteiger partial charge < -0.3 is 20.5 Å². The van der Waals surface area contributed by atoms with Gasteiger partial charge in [0.05, 0.1) is 18.8 Å². The van der Waals surface area contributed by atoms with Crippen molar-refractivity contribution >= 4 is 11.3 Å². The summed E-state index contributed by atoms with van der Waals surface area (Å²) < 4.78 is 10.3. The van der Waals surface area contributed by atoms with Gasteiger partial charge in [0, 0.05) is 32.2 Å². The minimum Gasteiger partial charge on any atom is -0.382 e. The number of rotatable bonds is 8. The van der Waals surface area contributed by atoms with Gasteiger partial charge in [-0.05, 0) is 11.4 Å². The van der Waals surface area contributed by atoms with E-state index in [0.717, 1.165) is 13.1 Å². The third kappa shape index (κ3) is 4.59. The topological polar surface area (TPSA) is 56.5 Å². The third-order valence-corrected chi connectivity index (χ3v) is 3.34. The van der Waals surface area contributed by atoms with Gasteiger partial charge in [0.1, 0.15) is 0 Å². The van der Waals surface area contributed by atoms with E-state index in [9.17, 15) is 0 Å². The molecule has 0 bridgehead atoms. The van der Waals surface area contributed by atoms with Crippen LogP contribution in [0.2, 0.25) is 0 Å². The fourth-order valence-corrected chi connectivity index (χ4v) is 2.13. The number of hydrogen-bond donors (Lipinski definition) is 2. The summed E-state index contributed by atoms with van der Waals surface area (Å²) in [6, 6.07) is 4.13. The van der Waals surface area contributed by atoms with Crippen molar-refractivity contribution in [3.05, 3.63) is 22.4 Å². The van der Waals surface area contributed by atoms with Crippen molar-refractivity contribution in [2.45, 2.75) is 12.1 Å². The van der Waals surface area contributed by atoms with E-state index in [0.29, 0.717) is 6.61 Å². The van der Waals surface area contributed by atoms with Gasteiger partial charge in [-0.1, -0.05) is 6.07 Å². The Morgan fingerprint density at radius 1 is 1.44 bits per heavy atom. The average Bonchev–Trinajstić information content (AvgIpc) is 2.81. The summed E-state index contributed by atoms with van der Waals surface area (Å²) in [7, 11) is 3.36. The van der Waals surface area contributed by atoms with Crippen LogP contribution in [0.1, 0.15) is 10.9 Å². The Labute approximate surface area is 101 Å². The maximum Gasteiger partial charge on any atom is 0.0928 e. The Balaban J connectivity index is 2.19. The van der Waals surface area contributed by atoms with Crippen LogP contribution in [-0.4, -0.2) is 40.0 Å². The summed E-state index contributed by atoms with van der Waals surface area (Å²) >= 11 is 1.68. The molecule has 0 aliphatic heterocycles. The largest absolute Gasteiger partial charge is 0.382 e. The van der Waals surface area contributed by atoms with Crippen LogP contribution in [0.4, 0.5) is 0 Å². The molecule has 92 valence electrons. The molecule has 16 heavy (non-hydrogen) atoms. The SMILES string of the molecule is COCC(CNCC(N)c1cccs1)OC. The van der Waals surface area contributed by atoms with Gasteiger partial charge in [0.25, 0.3) is 0 Å². The lowest BCUT2D eigenvalue weighted by atomic mass is 10.2. The summed E-state index contributed by atoms with van der Waals surface area (Å²) in [4.78, 5) is 1.20. The highest BCUT2D eigenvalue weighted by Crippen LogP contribution is 2.15. The van der Waals surface area contributed by atoms with Crippen LogP contribution in [0.25, 0.3) is 0 Å². The highest BCUT2D eigenvalue weighted by Gasteiger charge is 2.09. The van der Waals surface area contributed by atoms with Crippen molar-refractivity contribution in [3.63, 3.8) is 0 Å². The summed E-state index contributed by atoms with van der Waals surface area (Å²) in [5.74, 6) is 0. The van der Waals surface area contributed by atoms with Crippen molar-refractivity contribution < 1.29 is 9.47 Å². The molecule has 0 aromatic carbocycles. The van der Waals surface area contributed by atoms with Crippen LogP contribution in [0, 0.1) is 0 Å². The average molecular weight is 244 g/mol. The number of hydrogen-bond acceptors (Lipinski definition) is 5. The van der Waals surface area contributed by atoms with Gasteiger partial charge in [-0.25, -0.2) is 0 Å². The number of nitrogens with two attached hydrogens (primary N) is 1. The molecule has 0 aliphatic rings. The Hall–Kier alpha value is -0.460. The second kappa shape index (κ2) is 7.76. The van der Waals surface area contributed by atoms with E-state index in [-0.39, 0.29) is 12.1 Å². The number of thiophene rings is 1. The molecule has 0 aliphatic carbocycles. The third-order valence-electron chi connectivity index (χ3n) is 2.33. The molecule has 0 saturated carbocycles. The molecule has 4 nitrogen and oxygen atoms in total. The highest BCUT2D eigenvalue weighted by atomic mass is 32.1. The molecular formula is C11H20N2O2S. The van der Waals surface area contributed by atoms with Gasteiger partial charge in [0.2, 0.25) is 0 Å². The lowest BCUT2D eigenvalue weighted by Gasteiger charge is -2.17. The number of methoxy groups -OCH3 is 2. The Morgan fingerprint density at radius 2 is 2.25 bits per heavy atom. The van der Waals surface area contributed by atoms with Crippen molar-refractivity contribution in [3.8, 4) is 0 Å². The lowest BCUT2D eigenvalue weighted by molar-refractivity contribution is 0.0289. The monoisotopic (exact) mass is 244 g/mol. The summed E-state index contributed by atoms with van der Waals surface area (Å²) in [5.41, 5.74) is 6.02. The predicted molar refractivity (Wildman–Crippen MR) is 66.8 cm³/mol. The second-order valence-electron chi connectivity index (χ2n) is 3.59. The van der Waals surface area contributed by atoms with E-state index >= 15 is 0 Å². The van der Waals surface area contributed by atoms with Crippen molar-refractivity contribution in [1.82, 2.24) is 5.32 Å². The molecule has 2 atom stereocenters. The maximum atomic E-state index is 6.02. The van der Waals surface area contributed by atoms with E-state index in [2.05, 4.69) is 11.4 Å². The first-order chi connectivity index (χ1) is 7.77. The molecule has 5 heteroatoms. The van der Waals surface area contributed by atoms with E-state index < -0.39 is 0 Å². The smallest absolute Gasteiger partial charge is 0.0928 e. The Bertz CT molecular complexity index is 267. The molecule has 1 aromatic heterocycles. The van der Waals surface area contributed by atoms with Gasteiger partial charge in [-0.2, -0.15) is 0 Å². The van der Waals surface area contributed by atoms with Gasteiger partial charge in [-0.15, -0.1) is 11.3 Å². The lowest BCUT2D eigenvalue weighted by Crippen LogP contribution is -2.35. The molecule has 1 rings (SSSR count). The van der Waals surface area contributed by atoms with Gasteiger partial charge >= 0.3 is 0 Å². The van der Waals surface area contributed by atoms with Crippen LogP contribution >= 0.6 is 11.3 Å². The molecule has 1 aromatic rings. The maximum absolute atomic E-state index is 6.02. The van der Waals surface area contributed by atoms with Crippen LogP contribution < -0.4 is 11.1 Å². The fraction of sp³-hybridized carbons (Fsp3) is 0.636. The second-order valence-corrected chi connectivity index (χ2v) is 4.57. The van der Waals surface area contributed by atoms with Crippen molar-refractivity contribution in [2.75, 3.05) is 33.9 Å². The summed E-state index contributed by atoms with van der Waals surface area (Å²) in [6.07, 6.45) is 0.0838. The molecule has 2 unspecified atom stereocenters. The van der Waals surface area contributed by atoms with Gasteiger partial charge in [-0.3, -0.25) is 0 Å². The summed E-state index contributed by atoms with van der Waals surface area (Å²) in [6.45, 7) is 2.10. The van der Waals surface area contributed by atoms with Crippen LogP contribution in [0.15, 0.2) is 17.5 Å². The molecule has 0 spiro atoms. The molecule has 0 radical (unpaired) electrons. The van der Waals surface area contributed by atoms with E-state index in [4.69, 9.17) is 15.2 Å². The Morgan fingerprint density at radius 3 is 2.81 bits per heavy atom. The fourth-order valence-electron chi connectivity index (χ4n) is 1.40. The van der Waals surface area contributed by atoms with Crippen molar-refractivity contribution in [2.24, 2.45) is 5.73 Å². The quantitative estimate of drug-likeness (QED) is 0.716. The van der Waals surface area contributed by atoms with E-state index in [1.165, 1.54) is 4.88 Å². The Kier molecular flexibility index (Phi) is 6.59. The standard InChI is InChI=1S/C11H20N2O2S/c1-14-8-9(15-2)6-13-7-10(12)11-4-3-5-16-11/h3-5,9-10,13H,6-8,12H2,1-2H3. The normalized spacial score (nSPS) is 14.9. The molecule has 0 amide bonds. The molecule has 1 heterocycles. The van der Waals surface area contributed by atoms with Crippen LogP contribution in [0.3, 0.4) is 0 Å². The molecule has 0 fully saturated rings. The zero-order chi connectivity index (χ0) is 11.8. The molecule has 3 N–H and O–H groups in total. The summed E-state index contributed by atoms with van der Waals surface area (Å²) in [5, 5.41) is 5.33. The van der Waals surface area contributed by atoms with E-state index in [1.807, 2.05) is 11.4 Å². The first-order valence-corrected chi connectivity index (χ1v) is 6.17. The first kappa shape index (κ1) is 13.6. The van der Waals surface area contributed by atoms with Crippen molar-refractivity contribution in [1.29, 1.82) is 0 Å². The zero-order valence-corrected chi connectivity index (χ0v) is 10.6. The van der Waals surface area contributed by atoms with E-state index in [1.54, 1.807) is 25.6 Å². The minimum atomic E-state index is 0.0556. The number of nitrogens with one attached hydrogen (secondary N) is 1. The molecular weight excluding hydrogens is 224 g/mol. The number of ether oxygens (including phenoxy) is 2. The van der Waals surface area contributed by atoms with Crippen LogP contribution in [-0.2, 0) is 9.47 Å². The first-order valence-electron chi connectivity index (χ1n) is 5.29. The predicted octanol–water partition coefficient (Wildman–Crippen LogP) is 0.999. The van der Waals surface area contributed by atoms with Gasteiger partial charge in [0.15, 0.2) is 0 Å². The minimum absolute atomic E-state index is 0.0556. The van der Waals surface area contributed by atoms with Crippen LogP contribution in [0.5, 0.6) is 0 Å².